The fourth-order valence-corrected chi connectivity index (χ4v) is 2.57. The van der Waals surface area contributed by atoms with Gasteiger partial charge in [0, 0.05) is 24.8 Å². The van der Waals surface area contributed by atoms with E-state index in [1.54, 1.807) is 6.20 Å². The molecule has 2 heterocycles. The maximum Gasteiger partial charge on any atom is 0.254 e. The molecule has 0 fully saturated rings. The average molecular weight is 302 g/mol. The molecule has 5 nitrogen and oxygen atoms in total. The molecule has 22 heavy (non-hydrogen) atoms. The molecular weight excluding hydrogens is 276 g/mol. The second kappa shape index (κ2) is 6.46. The largest absolute Gasteiger partial charge is 0.339 e. The van der Waals surface area contributed by atoms with Crippen LogP contribution in [0.4, 0.5) is 0 Å². The topological polar surface area (TPSA) is 51.0 Å². The Labute approximate surface area is 132 Å². The van der Waals surface area contributed by atoms with E-state index >= 15 is 0 Å². The Balaban J connectivity index is 2.69. The highest BCUT2D eigenvalue weighted by Gasteiger charge is 2.21. The maximum absolute atomic E-state index is 12.8. The van der Waals surface area contributed by atoms with E-state index in [0.29, 0.717) is 18.7 Å². The van der Waals surface area contributed by atoms with Crippen molar-refractivity contribution in [3.05, 3.63) is 23.5 Å². The van der Waals surface area contributed by atoms with E-state index in [1.165, 1.54) is 0 Å². The van der Waals surface area contributed by atoms with E-state index < -0.39 is 0 Å². The first-order valence-electron chi connectivity index (χ1n) is 8.08. The number of aromatic nitrogens is 3. The van der Waals surface area contributed by atoms with Crippen molar-refractivity contribution in [3.8, 4) is 0 Å². The Kier molecular flexibility index (Phi) is 4.84. The maximum atomic E-state index is 12.8. The summed E-state index contributed by atoms with van der Waals surface area (Å²) in [5, 5.41) is 5.28. The third-order valence-corrected chi connectivity index (χ3v) is 3.95. The highest BCUT2D eigenvalue weighted by Crippen LogP contribution is 2.25. The standard InChI is InChI=1S/C17H26N4O/c1-7-20(8-2)17(22)13-9-15(11(3)4)19-16-14(13)10-18-21(16)12(5)6/h9-12H,7-8H2,1-6H3. The van der Waals surface area contributed by atoms with Gasteiger partial charge in [-0.15, -0.1) is 0 Å². The minimum atomic E-state index is 0.0580. The molecule has 0 aliphatic carbocycles. The van der Waals surface area contributed by atoms with E-state index in [-0.39, 0.29) is 17.9 Å². The minimum Gasteiger partial charge on any atom is -0.339 e. The molecular formula is C17H26N4O. The first kappa shape index (κ1) is 16.5. The van der Waals surface area contributed by atoms with Crippen LogP contribution in [0, 0.1) is 0 Å². The summed E-state index contributed by atoms with van der Waals surface area (Å²) in [5.74, 6) is 0.325. The van der Waals surface area contributed by atoms with E-state index in [2.05, 4.69) is 32.8 Å². The monoisotopic (exact) mass is 302 g/mol. The summed E-state index contributed by atoms with van der Waals surface area (Å²) in [5.41, 5.74) is 2.45. The van der Waals surface area contributed by atoms with Gasteiger partial charge >= 0.3 is 0 Å². The Morgan fingerprint density at radius 2 is 1.86 bits per heavy atom. The van der Waals surface area contributed by atoms with Crippen LogP contribution in [0.1, 0.15) is 69.6 Å². The number of pyridine rings is 1. The Hall–Kier alpha value is -1.91. The van der Waals surface area contributed by atoms with Crippen LogP contribution in [0.5, 0.6) is 0 Å². The van der Waals surface area contributed by atoms with Crippen molar-refractivity contribution in [2.24, 2.45) is 0 Å². The van der Waals surface area contributed by atoms with Crippen molar-refractivity contribution in [3.63, 3.8) is 0 Å². The minimum absolute atomic E-state index is 0.0580. The van der Waals surface area contributed by atoms with Gasteiger partial charge in [0.15, 0.2) is 5.65 Å². The van der Waals surface area contributed by atoms with E-state index in [9.17, 15) is 4.79 Å². The smallest absolute Gasteiger partial charge is 0.254 e. The van der Waals surface area contributed by atoms with E-state index in [4.69, 9.17) is 4.98 Å². The third-order valence-electron chi connectivity index (χ3n) is 3.95. The van der Waals surface area contributed by atoms with Crippen LogP contribution < -0.4 is 0 Å². The van der Waals surface area contributed by atoms with Crippen LogP contribution in [-0.2, 0) is 0 Å². The van der Waals surface area contributed by atoms with Crippen molar-refractivity contribution < 1.29 is 4.79 Å². The Bertz CT molecular complexity index is 669. The van der Waals surface area contributed by atoms with E-state index in [1.807, 2.05) is 29.5 Å². The predicted octanol–water partition coefficient (Wildman–Crippen LogP) is 3.62. The van der Waals surface area contributed by atoms with Gasteiger partial charge in [-0.2, -0.15) is 5.10 Å². The highest BCUT2D eigenvalue weighted by atomic mass is 16.2. The zero-order chi connectivity index (χ0) is 16.4. The molecule has 0 aromatic carbocycles. The molecule has 0 saturated heterocycles. The molecule has 0 atom stereocenters. The zero-order valence-corrected chi connectivity index (χ0v) is 14.4. The lowest BCUT2D eigenvalue weighted by molar-refractivity contribution is 0.0774. The van der Waals surface area contributed by atoms with Crippen LogP contribution in [-0.4, -0.2) is 38.7 Å². The van der Waals surface area contributed by atoms with Crippen molar-refractivity contribution in [1.82, 2.24) is 19.7 Å². The van der Waals surface area contributed by atoms with Crippen LogP contribution in [0.3, 0.4) is 0 Å². The van der Waals surface area contributed by atoms with Crippen molar-refractivity contribution in [2.75, 3.05) is 13.1 Å². The number of hydrogen-bond acceptors (Lipinski definition) is 3. The summed E-state index contributed by atoms with van der Waals surface area (Å²) in [7, 11) is 0. The first-order valence-corrected chi connectivity index (χ1v) is 8.08. The normalized spacial score (nSPS) is 11.6. The van der Waals surface area contributed by atoms with Crippen LogP contribution in [0.25, 0.3) is 11.0 Å². The molecule has 5 heteroatoms. The van der Waals surface area contributed by atoms with Crippen LogP contribution in [0.2, 0.25) is 0 Å². The molecule has 0 bridgehead atoms. The van der Waals surface area contributed by atoms with Gasteiger partial charge in [-0.05, 0) is 39.7 Å². The fraction of sp³-hybridized carbons (Fsp3) is 0.588. The summed E-state index contributed by atoms with van der Waals surface area (Å²) < 4.78 is 1.89. The summed E-state index contributed by atoms with van der Waals surface area (Å²) in [4.78, 5) is 19.4. The second-order valence-corrected chi connectivity index (χ2v) is 6.15. The lowest BCUT2D eigenvalue weighted by atomic mass is 10.0. The molecule has 0 spiro atoms. The number of amides is 1. The van der Waals surface area contributed by atoms with Crippen molar-refractivity contribution >= 4 is 16.9 Å². The van der Waals surface area contributed by atoms with Gasteiger partial charge in [-0.25, -0.2) is 9.67 Å². The number of nitrogens with zero attached hydrogens (tertiary/aromatic N) is 4. The van der Waals surface area contributed by atoms with Gasteiger partial charge in [0.05, 0.1) is 17.1 Å². The number of carbonyl (C=O) groups is 1. The summed E-state index contributed by atoms with van der Waals surface area (Å²) in [6.07, 6.45) is 1.77. The van der Waals surface area contributed by atoms with Crippen molar-refractivity contribution in [2.45, 2.75) is 53.5 Å². The Morgan fingerprint density at radius 3 is 2.36 bits per heavy atom. The van der Waals surface area contributed by atoms with Gasteiger partial charge in [-0.1, -0.05) is 13.8 Å². The molecule has 2 aromatic rings. The van der Waals surface area contributed by atoms with Gasteiger partial charge in [-0.3, -0.25) is 4.79 Å². The van der Waals surface area contributed by atoms with Crippen LogP contribution in [0.15, 0.2) is 12.3 Å². The lowest BCUT2D eigenvalue weighted by Crippen LogP contribution is -2.30. The van der Waals surface area contributed by atoms with Gasteiger partial charge in [0.1, 0.15) is 0 Å². The Morgan fingerprint density at radius 1 is 1.23 bits per heavy atom. The fourth-order valence-electron chi connectivity index (χ4n) is 2.57. The molecule has 1 amide bonds. The zero-order valence-electron chi connectivity index (χ0n) is 14.4. The van der Waals surface area contributed by atoms with Crippen molar-refractivity contribution in [1.29, 1.82) is 0 Å². The molecule has 0 saturated carbocycles. The molecule has 0 N–H and O–H groups in total. The third kappa shape index (κ3) is 2.85. The molecule has 120 valence electrons. The first-order chi connectivity index (χ1) is 10.4. The summed E-state index contributed by atoms with van der Waals surface area (Å²) >= 11 is 0. The molecule has 0 aliphatic rings. The number of rotatable bonds is 5. The van der Waals surface area contributed by atoms with E-state index in [0.717, 1.165) is 16.7 Å². The highest BCUT2D eigenvalue weighted by molar-refractivity contribution is 6.05. The quantitative estimate of drug-likeness (QED) is 0.847. The molecule has 0 radical (unpaired) electrons. The second-order valence-electron chi connectivity index (χ2n) is 6.15. The van der Waals surface area contributed by atoms with Crippen LogP contribution >= 0.6 is 0 Å². The predicted molar refractivity (Wildman–Crippen MR) is 89.3 cm³/mol. The van der Waals surface area contributed by atoms with Gasteiger partial charge in [0.25, 0.3) is 5.91 Å². The van der Waals surface area contributed by atoms with Gasteiger partial charge in [0.2, 0.25) is 0 Å². The summed E-state index contributed by atoms with van der Waals surface area (Å²) in [6.45, 7) is 13.7. The molecule has 2 aromatic heterocycles. The van der Waals surface area contributed by atoms with Gasteiger partial charge < -0.3 is 4.90 Å². The molecule has 0 aliphatic heterocycles. The number of hydrogen-bond donors (Lipinski definition) is 0. The SMILES string of the molecule is CCN(CC)C(=O)c1cc(C(C)C)nc2c1cnn2C(C)C. The number of carbonyl (C=O) groups excluding carboxylic acids is 1. The molecule has 2 rings (SSSR count). The number of fused-ring (bicyclic) bond motifs is 1. The molecule has 0 unspecified atom stereocenters. The summed E-state index contributed by atoms with van der Waals surface area (Å²) in [6, 6.07) is 2.14. The lowest BCUT2D eigenvalue weighted by Gasteiger charge is -2.20. The average Bonchev–Trinajstić information content (AvgIpc) is 2.91.